The third-order valence-corrected chi connectivity index (χ3v) is 5.04. The van der Waals surface area contributed by atoms with E-state index in [0.29, 0.717) is 33.7 Å². The summed E-state index contributed by atoms with van der Waals surface area (Å²) in [6.07, 6.45) is 0. The number of nitrogens with zero attached hydrogens (tertiary/aromatic N) is 1. The number of fused-ring (bicyclic) bond motifs is 1. The first-order valence-electron chi connectivity index (χ1n) is 9.59. The molecule has 5 aromatic rings. The maximum Gasteiger partial charge on any atom is 0.261 e. The summed E-state index contributed by atoms with van der Waals surface area (Å²) in [5.74, 6) is 0.265. The largest absolute Gasteiger partial charge is 0.336 e. The number of carbonyl (C=O) groups is 1. The Bertz CT molecular complexity index is 1400. The Kier molecular flexibility index (Phi) is 4.33. The number of benzene rings is 3. The van der Waals surface area contributed by atoms with Gasteiger partial charge in [0.25, 0.3) is 5.56 Å². The lowest BCUT2D eigenvalue weighted by Gasteiger charge is -2.05. The zero-order valence-corrected chi connectivity index (χ0v) is 15.9. The highest BCUT2D eigenvalue weighted by Gasteiger charge is 2.23. The summed E-state index contributed by atoms with van der Waals surface area (Å²) >= 11 is 0. The molecule has 0 saturated carbocycles. The van der Waals surface area contributed by atoms with Gasteiger partial charge in [0.05, 0.1) is 11.1 Å². The van der Waals surface area contributed by atoms with E-state index in [1.807, 2.05) is 78.9 Å². The average Bonchev–Trinajstić information content (AvgIpc) is 3.20. The molecule has 5 heteroatoms. The maximum absolute atomic E-state index is 13.3. The molecule has 0 unspecified atom stereocenters. The fraction of sp³-hybridized carbons (Fsp3) is 0. The zero-order valence-electron chi connectivity index (χ0n) is 15.9. The summed E-state index contributed by atoms with van der Waals surface area (Å²) < 4.78 is 0. The van der Waals surface area contributed by atoms with E-state index < -0.39 is 0 Å². The number of ketones is 1. The highest BCUT2D eigenvalue weighted by atomic mass is 16.1. The van der Waals surface area contributed by atoms with Crippen LogP contribution in [0.1, 0.15) is 16.1 Å². The molecule has 2 aromatic heterocycles. The lowest BCUT2D eigenvalue weighted by Crippen LogP contribution is -2.09. The Hall–Kier alpha value is -4.25. The molecule has 30 heavy (non-hydrogen) atoms. The van der Waals surface area contributed by atoms with Crippen LogP contribution in [-0.4, -0.2) is 20.7 Å². The van der Waals surface area contributed by atoms with Crippen LogP contribution in [0.2, 0.25) is 0 Å². The van der Waals surface area contributed by atoms with Gasteiger partial charge < -0.3 is 9.97 Å². The molecule has 0 aliphatic carbocycles. The minimum Gasteiger partial charge on any atom is -0.336 e. The average molecular weight is 391 g/mol. The van der Waals surface area contributed by atoms with Crippen LogP contribution in [0.25, 0.3) is 33.5 Å². The maximum atomic E-state index is 13.3. The number of rotatable bonds is 4. The Morgan fingerprint density at radius 2 is 1.27 bits per heavy atom. The molecular formula is C25H17N3O2. The third-order valence-electron chi connectivity index (χ3n) is 5.04. The van der Waals surface area contributed by atoms with Gasteiger partial charge in [-0.1, -0.05) is 91.0 Å². The predicted molar refractivity (Wildman–Crippen MR) is 117 cm³/mol. The van der Waals surface area contributed by atoms with E-state index in [2.05, 4.69) is 15.0 Å². The predicted octanol–water partition coefficient (Wildman–Crippen LogP) is 4.82. The van der Waals surface area contributed by atoms with Crippen LogP contribution < -0.4 is 5.56 Å². The second kappa shape index (κ2) is 7.29. The van der Waals surface area contributed by atoms with E-state index >= 15 is 0 Å². The molecule has 0 saturated heterocycles. The van der Waals surface area contributed by atoms with E-state index in [0.717, 1.165) is 11.1 Å². The van der Waals surface area contributed by atoms with E-state index in [1.165, 1.54) is 0 Å². The zero-order chi connectivity index (χ0) is 20.5. The molecule has 0 amide bonds. The molecule has 144 valence electrons. The summed E-state index contributed by atoms with van der Waals surface area (Å²) in [4.78, 5) is 37.0. The van der Waals surface area contributed by atoms with Gasteiger partial charge in [-0.2, -0.15) is 0 Å². The van der Waals surface area contributed by atoms with Crippen molar-refractivity contribution in [3.63, 3.8) is 0 Å². The van der Waals surface area contributed by atoms with Gasteiger partial charge in [-0.3, -0.25) is 9.59 Å². The monoisotopic (exact) mass is 391 g/mol. The van der Waals surface area contributed by atoms with E-state index in [-0.39, 0.29) is 11.3 Å². The molecule has 0 spiro atoms. The first-order valence-corrected chi connectivity index (χ1v) is 9.59. The van der Waals surface area contributed by atoms with Gasteiger partial charge in [0, 0.05) is 16.7 Å². The molecule has 3 aromatic carbocycles. The summed E-state index contributed by atoms with van der Waals surface area (Å²) in [7, 11) is 0. The van der Waals surface area contributed by atoms with Gasteiger partial charge in [-0.05, 0) is 5.56 Å². The molecule has 0 atom stereocenters. The van der Waals surface area contributed by atoms with Crippen molar-refractivity contribution < 1.29 is 4.79 Å². The molecule has 5 nitrogen and oxygen atoms in total. The minimum atomic E-state index is -0.291. The van der Waals surface area contributed by atoms with Crippen molar-refractivity contribution in [2.24, 2.45) is 0 Å². The van der Waals surface area contributed by atoms with Gasteiger partial charge in [-0.15, -0.1) is 0 Å². The number of carbonyl (C=O) groups excluding carboxylic acids is 1. The highest BCUT2D eigenvalue weighted by Crippen LogP contribution is 2.31. The summed E-state index contributed by atoms with van der Waals surface area (Å²) in [6, 6.07) is 27.9. The number of aromatic amines is 2. The molecular weight excluding hydrogens is 374 g/mol. The lowest BCUT2D eigenvalue weighted by molar-refractivity contribution is 0.103. The van der Waals surface area contributed by atoms with Crippen LogP contribution in [0.3, 0.4) is 0 Å². The molecule has 2 N–H and O–H groups in total. The Morgan fingerprint density at radius 3 is 1.90 bits per heavy atom. The van der Waals surface area contributed by atoms with Crippen molar-refractivity contribution in [1.29, 1.82) is 0 Å². The smallest absolute Gasteiger partial charge is 0.261 e. The second-order valence-electron chi connectivity index (χ2n) is 6.94. The number of aromatic nitrogens is 3. The van der Waals surface area contributed by atoms with Crippen LogP contribution in [-0.2, 0) is 0 Å². The molecule has 0 fully saturated rings. The second-order valence-corrected chi connectivity index (χ2v) is 6.94. The van der Waals surface area contributed by atoms with Crippen LogP contribution in [0.15, 0.2) is 95.8 Å². The fourth-order valence-electron chi connectivity index (χ4n) is 3.63. The summed E-state index contributed by atoms with van der Waals surface area (Å²) in [5.41, 5.74) is 3.13. The fourth-order valence-corrected chi connectivity index (χ4v) is 3.63. The van der Waals surface area contributed by atoms with Gasteiger partial charge in [0.1, 0.15) is 11.5 Å². The summed E-state index contributed by atoms with van der Waals surface area (Å²) in [6.45, 7) is 0. The molecule has 2 heterocycles. The van der Waals surface area contributed by atoms with E-state index in [1.54, 1.807) is 12.1 Å². The van der Waals surface area contributed by atoms with Gasteiger partial charge in [-0.25, -0.2) is 4.98 Å². The number of nitrogens with one attached hydrogen (secondary N) is 2. The molecule has 0 bridgehead atoms. The molecule has 0 aliphatic rings. The lowest BCUT2D eigenvalue weighted by atomic mass is 9.98. The third kappa shape index (κ3) is 3.02. The van der Waals surface area contributed by atoms with Crippen molar-refractivity contribution in [3.8, 4) is 22.5 Å². The van der Waals surface area contributed by atoms with Crippen molar-refractivity contribution in [2.75, 3.05) is 0 Å². The van der Waals surface area contributed by atoms with Gasteiger partial charge >= 0.3 is 0 Å². The Morgan fingerprint density at radius 1 is 0.700 bits per heavy atom. The molecule has 0 radical (unpaired) electrons. The van der Waals surface area contributed by atoms with Crippen LogP contribution in [0.5, 0.6) is 0 Å². The van der Waals surface area contributed by atoms with Crippen LogP contribution >= 0.6 is 0 Å². The van der Waals surface area contributed by atoms with Crippen molar-refractivity contribution in [1.82, 2.24) is 15.0 Å². The SMILES string of the molecule is O=C(c1ccccc1)c1[nH]c2nc(-c3ccccc3)[nH]c(=O)c2c1-c1ccccc1. The van der Waals surface area contributed by atoms with Gasteiger partial charge in [0.2, 0.25) is 5.78 Å². The number of hydrogen-bond donors (Lipinski definition) is 2. The molecule has 0 aliphatic heterocycles. The van der Waals surface area contributed by atoms with Crippen molar-refractivity contribution >= 4 is 16.8 Å². The van der Waals surface area contributed by atoms with Crippen LogP contribution in [0.4, 0.5) is 0 Å². The Balaban J connectivity index is 1.80. The quantitative estimate of drug-likeness (QED) is 0.431. The number of hydrogen-bond acceptors (Lipinski definition) is 3. The first kappa shape index (κ1) is 17.8. The van der Waals surface area contributed by atoms with E-state index in [4.69, 9.17) is 0 Å². The normalized spacial score (nSPS) is 10.9. The van der Waals surface area contributed by atoms with E-state index in [9.17, 15) is 9.59 Å². The van der Waals surface area contributed by atoms with Gasteiger partial charge in [0.15, 0.2) is 0 Å². The first-order chi connectivity index (χ1) is 14.7. The number of H-pyrrole nitrogens is 2. The van der Waals surface area contributed by atoms with Crippen molar-refractivity contribution in [3.05, 3.63) is 113 Å². The standard InChI is InChI=1S/C25H17N3O2/c29-22(17-12-6-2-7-13-17)21-19(16-10-4-1-5-11-16)20-24(26-21)27-23(28-25(20)30)18-14-8-3-9-15-18/h1-15H,(H2,26,27,28,30). The van der Waals surface area contributed by atoms with Crippen molar-refractivity contribution in [2.45, 2.75) is 0 Å². The Labute approximate surface area is 172 Å². The minimum absolute atomic E-state index is 0.187. The topological polar surface area (TPSA) is 78.6 Å². The van der Waals surface area contributed by atoms with Crippen LogP contribution in [0, 0.1) is 0 Å². The molecule has 5 rings (SSSR count). The summed E-state index contributed by atoms with van der Waals surface area (Å²) in [5, 5.41) is 0.375. The highest BCUT2D eigenvalue weighted by molar-refractivity contribution is 6.16.